The van der Waals surface area contributed by atoms with Crippen molar-refractivity contribution in [3.8, 4) is 28.7 Å². The van der Waals surface area contributed by atoms with Crippen molar-refractivity contribution in [2.45, 2.75) is 18.6 Å². The molecular weight excluding hydrogens is 288 g/mol. The molecule has 2 aromatic carbocycles. The summed E-state index contributed by atoms with van der Waals surface area (Å²) in [6.07, 6.45) is -1.40. The van der Waals surface area contributed by atoms with Crippen LogP contribution in [0.4, 0.5) is 0 Å². The van der Waals surface area contributed by atoms with Crippen molar-refractivity contribution < 1.29 is 29.9 Å². The molecule has 0 bridgehead atoms. The Morgan fingerprint density at radius 1 is 1.05 bits per heavy atom. The van der Waals surface area contributed by atoms with Crippen LogP contribution in [0.2, 0.25) is 0 Å². The Labute approximate surface area is 126 Å². The fraction of sp³-hybridized carbons (Fsp3) is 0.250. The van der Waals surface area contributed by atoms with E-state index in [2.05, 4.69) is 0 Å². The molecule has 2 atom stereocenters. The molecule has 1 aliphatic heterocycles. The summed E-state index contributed by atoms with van der Waals surface area (Å²) in [5, 5.41) is 39.2. The minimum atomic E-state index is -0.893. The number of benzene rings is 2. The van der Waals surface area contributed by atoms with E-state index in [1.165, 1.54) is 25.3 Å². The van der Waals surface area contributed by atoms with E-state index in [4.69, 9.17) is 9.47 Å². The van der Waals surface area contributed by atoms with Gasteiger partial charge in [-0.15, -0.1) is 0 Å². The number of aliphatic hydroxyl groups is 1. The minimum Gasteiger partial charge on any atom is -0.507 e. The van der Waals surface area contributed by atoms with Crippen molar-refractivity contribution in [2.75, 3.05) is 7.11 Å². The molecule has 0 saturated heterocycles. The SMILES string of the molecule is COc1cc(O)c2c(c1)O[C@H](c1ccc(O)c(O)c1)[C@H](O)C2. The second-order valence-corrected chi connectivity index (χ2v) is 5.18. The van der Waals surface area contributed by atoms with E-state index < -0.39 is 12.2 Å². The molecule has 0 aliphatic carbocycles. The van der Waals surface area contributed by atoms with Gasteiger partial charge in [-0.3, -0.25) is 0 Å². The largest absolute Gasteiger partial charge is 0.507 e. The summed E-state index contributed by atoms with van der Waals surface area (Å²) in [6.45, 7) is 0. The Kier molecular flexibility index (Phi) is 3.46. The van der Waals surface area contributed by atoms with Gasteiger partial charge >= 0.3 is 0 Å². The number of hydrogen-bond donors (Lipinski definition) is 4. The molecular formula is C16H16O6. The van der Waals surface area contributed by atoms with E-state index in [0.29, 0.717) is 22.6 Å². The van der Waals surface area contributed by atoms with Crippen LogP contribution in [0.1, 0.15) is 17.2 Å². The predicted octanol–water partition coefficient (Wildman–Crippen LogP) is 1.85. The molecule has 22 heavy (non-hydrogen) atoms. The van der Waals surface area contributed by atoms with Crippen LogP contribution in [-0.4, -0.2) is 33.6 Å². The van der Waals surface area contributed by atoms with Crippen LogP contribution in [0.3, 0.4) is 0 Å². The second-order valence-electron chi connectivity index (χ2n) is 5.18. The van der Waals surface area contributed by atoms with Crippen LogP contribution in [0.5, 0.6) is 28.7 Å². The molecule has 2 aromatic rings. The zero-order chi connectivity index (χ0) is 15.9. The van der Waals surface area contributed by atoms with E-state index in [1.807, 2.05) is 0 Å². The number of rotatable bonds is 2. The summed E-state index contributed by atoms with van der Waals surface area (Å²) in [7, 11) is 1.48. The number of fused-ring (bicyclic) bond motifs is 1. The monoisotopic (exact) mass is 304 g/mol. The van der Waals surface area contributed by atoms with Gasteiger partial charge in [-0.25, -0.2) is 0 Å². The zero-order valence-electron chi connectivity index (χ0n) is 11.9. The van der Waals surface area contributed by atoms with Crippen LogP contribution >= 0.6 is 0 Å². The smallest absolute Gasteiger partial charge is 0.157 e. The van der Waals surface area contributed by atoms with Gasteiger partial charge < -0.3 is 29.9 Å². The summed E-state index contributed by atoms with van der Waals surface area (Å²) >= 11 is 0. The lowest BCUT2D eigenvalue weighted by Crippen LogP contribution is -2.30. The van der Waals surface area contributed by atoms with Gasteiger partial charge in [0.05, 0.1) is 13.2 Å². The van der Waals surface area contributed by atoms with Crippen molar-refractivity contribution in [3.05, 3.63) is 41.5 Å². The molecule has 0 amide bonds. The summed E-state index contributed by atoms with van der Waals surface area (Å²) in [4.78, 5) is 0. The van der Waals surface area contributed by atoms with Crippen LogP contribution in [-0.2, 0) is 6.42 Å². The highest BCUT2D eigenvalue weighted by Gasteiger charge is 2.32. The van der Waals surface area contributed by atoms with Crippen LogP contribution in [0.25, 0.3) is 0 Å². The van der Waals surface area contributed by atoms with Gasteiger partial charge in [0.15, 0.2) is 11.5 Å². The third-order valence-electron chi connectivity index (χ3n) is 3.74. The Bertz CT molecular complexity index is 712. The van der Waals surface area contributed by atoms with Crippen molar-refractivity contribution in [3.63, 3.8) is 0 Å². The Balaban J connectivity index is 1.99. The number of hydrogen-bond acceptors (Lipinski definition) is 6. The number of phenols is 3. The molecule has 6 heteroatoms. The lowest BCUT2D eigenvalue weighted by molar-refractivity contribution is 0.0197. The van der Waals surface area contributed by atoms with E-state index in [0.717, 1.165) is 0 Å². The van der Waals surface area contributed by atoms with E-state index >= 15 is 0 Å². The quantitative estimate of drug-likeness (QED) is 0.632. The standard InChI is InChI=1S/C16H16O6/c1-21-9-5-12(18)10-7-14(20)16(22-15(10)6-9)8-2-3-11(17)13(19)4-8/h2-6,14,16-20H,7H2,1H3/t14-,16-/m1/s1. The van der Waals surface area contributed by atoms with Crippen LogP contribution in [0.15, 0.2) is 30.3 Å². The minimum absolute atomic E-state index is 0.000373. The second kappa shape index (κ2) is 5.31. The first-order valence-corrected chi connectivity index (χ1v) is 6.76. The van der Waals surface area contributed by atoms with Gasteiger partial charge in [0.25, 0.3) is 0 Å². The van der Waals surface area contributed by atoms with Crippen LogP contribution < -0.4 is 9.47 Å². The molecule has 3 rings (SSSR count). The maximum absolute atomic E-state index is 10.3. The molecule has 0 aromatic heterocycles. The maximum atomic E-state index is 10.3. The lowest BCUT2D eigenvalue weighted by Gasteiger charge is -2.31. The topological polar surface area (TPSA) is 99.4 Å². The average molecular weight is 304 g/mol. The fourth-order valence-electron chi connectivity index (χ4n) is 2.57. The maximum Gasteiger partial charge on any atom is 0.157 e. The van der Waals surface area contributed by atoms with Crippen molar-refractivity contribution in [1.29, 1.82) is 0 Å². The van der Waals surface area contributed by atoms with Gasteiger partial charge in [0.2, 0.25) is 0 Å². The van der Waals surface area contributed by atoms with E-state index in [9.17, 15) is 20.4 Å². The predicted molar refractivity (Wildman–Crippen MR) is 77.5 cm³/mol. The number of methoxy groups -OCH3 is 1. The Morgan fingerprint density at radius 2 is 1.82 bits per heavy atom. The zero-order valence-corrected chi connectivity index (χ0v) is 11.9. The molecule has 0 spiro atoms. The summed E-state index contributed by atoms with van der Waals surface area (Å²) in [5.41, 5.74) is 1.03. The normalized spacial score (nSPS) is 20.1. The Hall–Kier alpha value is -2.60. The molecule has 116 valence electrons. The molecule has 6 nitrogen and oxygen atoms in total. The molecule has 0 unspecified atom stereocenters. The fourth-order valence-corrected chi connectivity index (χ4v) is 2.57. The summed E-state index contributed by atoms with van der Waals surface area (Å²) in [5.74, 6) is 0.335. The van der Waals surface area contributed by atoms with Crippen molar-refractivity contribution in [2.24, 2.45) is 0 Å². The molecule has 0 radical (unpaired) electrons. The molecule has 0 saturated carbocycles. The van der Waals surface area contributed by atoms with Gasteiger partial charge in [-0.05, 0) is 17.7 Å². The average Bonchev–Trinajstić information content (AvgIpc) is 2.50. The summed E-state index contributed by atoms with van der Waals surface area (Å²) in [6, 6.07) is 7.33. The molecule has 0 fully saturated rings. The van der Waals surface area contributed by atoms with Gasteiger partial charge in [0, 0.05) is 24.1 Å². The highest BCUT2D eigenvalue weighted by atomic mass is 16.5. The number of phenolic OH excluding ortho intramolecular Hbond substituents is 3. The van der Waals surface area contributed by atoms with Crippen molar-refractivity contribution in [1.82, 2.24) is 0 Å². The first kappa shape index (κ1) is 14.3. The van der Waals surface area contributed by atoms with Crippen LogP contribution in [0, 0.1) is 0 Å². The first-order chi connectivity index (χ1) is 10.5. The molecule has 1 aliphatic rings. The first-order valence-electron chi connectivity index (χ1n) is 6.76. The third-order valence-corrected chi connectivity index (χ3v) is 3.74. The van der Waals surface area contributed by atoms with Crippen molar-refractivity contribution >= 4 is 0 Å². The molecule has 1 heterocycles. The molecule has 4 N–H and O–H groups in total. The highest BCUT2D eigenvalue weighted by molar-refractivity contribution is 5.52. The number of aliphatic hydroxyl groups excluding tert-OH is 1. The van der Waals surface area contributed by atoms with E-state index in [-0.39, 0.29) is 23.7 Å². The summed E-state index contributed by atoms with van der Waals surface area (Å²) < 4.78 is 10.9. The third kappa shape index (κ3) is 2.37. The van der Waals surface area contributed by atoms with Gasteiger partial charge in [-0.1, -0.05) is 6.07 Å². The number of ether oxygens (including phenoxy) is 2. The lowest BCUT2D eigenvalue weighted by atomic mass is 9.94. The van der Waals surface area contributed by atoms with Gasteiger partial charge in [-0.2, -0.15) is 0 Å². The highest BCUT2D eigenvalue weighted by Crippen LogP contribution is 2.42. The van der Waals surface area contributed by atoms with Gasteiger partial charge in [0.1, 0.15) is 23.4 Å². The number of aromatic hydroxyl groups is 3. The van der Waals surface area contributed by atoms with E-state index in [1.54, 1.807) is 12.1 Å². The Morgan fingerprint density at radius 3 is 2.50 bits per heavy atom.